The van der Waals surface area contributed by atoms with Gasteiger partial charge in [-0.3, -0.25) is 4.79 Å². The van der Waals surface area contributed by atoms with Crippen molar-refractivity contribution in [3.63, 3.8) is 0 Å². The van der Waals surface area contributed by atoms with Gasteiger partial charge < -0.3 is 15.4 Å². The number of ether oxygens (including phenoxy) is 1. The van der Waals surface area contributed by atoms with Crippen molar-refractivity contribution in [3.8, 4) is 5.75 Å². The number of fused-ring (bicyclic) bond motifs is 1. The summed E-state index contributed by atoms with van der Waals surface area (Å²) in [4.78, 5) is 14.2. The molecule has 1 amide bonds. The van der Waals surface area contributed by atoms with Gasteiger partial charge in [-0.15, -0.1) is 0 Å². The highest BCUT2D eigenvalue weighted by Gasteiger charge is 2.32. The van der Waals surface area contributed by atoms with E-state index >= 15 is 0 Å². The zero-order valence-corrected chi connectivity index (χ0v) is 13.1. The summed E-state index contributed by atoms with van der Waals surface area (Å²) >= 11 is 0. The molecule has 1 heterocycles. The van der Waals surface area contributed by atoms with Crippen LogP contribution >= 0.6 is 0 Å². The Balaban J connectivity index is 1.92. The van der Waals surface area contributed by atoms with Crippen molar-refractivity contribution >= 4 is 17.3 Å². The van der Waals surface area contributed by atoms with E-state index in [0.717, 1.165) is 11.3 Å². The number of carbonyl (C=O) groups excluding carboxylic acids is 1. The van der Waals surface area contributed by atoms with Crippen molar-refractivity contribution in [2.45, 2.75) is 26.4 Å². The third-order valence-electron chi connectivity index (χ3n) is 4.13. The Hall–Kier alpha value is -2.49. The number of amides is 1. The van der Waals surface area contributed by atoms with Crippen molar-refractivity contribution in [1.29, 1.82) is 0 Å². The fraction of sp³-hybridized carbons (Fsp3) is 0.278. The average molecular weight is 296 g/mol. The topological polar surface area (TPSA) is 55.6 Å². The second-order valence-electron chi connectivity index (χ2n) is 5.86. The molecule has 1 aliphatic heterocycles. The van der Waals surface area contributed by atoms with Crippen molar-refractivity contribution < 1.29 is 9.53 Å². The molecule has 0 fully saturated rings. The van der Waals surface area contributed by atoms with Gasteiger partial charge in [0.2, 0.25) is 0 Å². The SMILES string of the molecule is Cc1ccc(C)c(CC2Oc3cc(N)ccc3N(C)C2=O)c1. The molecule has 0 saturated carbocycles. The number of hydrogen-bond acceptors (Lipinski definition) is 3. The summed E-state index contributed by atoms with van der Waals surface area (Å²) in [5.41, 5.74) is 10.7. The van der Waals surface area contributed by atoms with Crippen LogP contribution in [0.4, 0.5) is 11.4 Å². The molecule has 4 nitrogen and oxygen atoms in total. The van der Waals surface area contributed by atoms with Crippen LogP contribution < -0.4 is 15.4 Å². The van der Waals surface area contributed by atoms with E-state index < -0.39 is 6.10 Å². The number of aryl methyl sites for hydroxylation is 2. The van der Waals surface area contributed by atoms with E-state index in [0.29, 0.717) is 17.9 Å². The van der Waals surface area contributed by atoms with E-state index in [-0.39, 0.29) is 5.91 Å². The molecule has 0 bridgehead atoms. The molecule has 2 aromatic carbocycles. The van der Waals surface area contributed by atoms with Gasteiger partial charge in [-0.05, 0) is 37.1 Å². The summed E-state index contributed by atoms with van der Waals surface area (Å²) in [5, 5.41) is 0. The number of anilines is 2. The normalized spacial score (nSPS) is 17.1. The maximum Gasteiger partial charge on any atom is 0.268 e. The molecule has 2 N–H and O–H groups in total. The van der Waals surface area contributed by atoms with Gasteiger partial charge in [-0.25, -0.2) is 0 Å². The second kappa shape index (κ2) is 5.37. The highest BCUT2D eigenvalue weighted by atomic mass is 16.5. The molecule has 1 atom stereocenters. The van der Waals surface area contributed by atoms with Crippen LogP contribution in [0.1, 0.15) is 16.7 Å². The Labute approximate surface area is 130 Å². The maximum atomic E-state index is 12.5. The van der Waals surface area contributed by atoms with E-state index in [1.165, 1.54) is 11.1 Å². The first kappa shape index (κ1) is 14.4. The molecular formula is C18H20N2O2. The minimum atomic E-state index is -0.514. The predicted octanol–water partition coefficient (Wildman–Crippen LogP) is 2.85. The smallest absolute Gasteiger partial charge is 0.268 e. The van der Waals surface area contributed by atoms with Crippen LogP contribution in [0.15, 0.2) is 36.4 Å². The lowest BCUT2D eigenvalue weighted by Crippen LogP contribution is -2.45. The summed E-state index contributed by atoms with van der Waals surface area (Å²) in [5.74, 6) is 0.635. The van der Waals surface area contributed by atoms with Gasteiger partial charge in [0, 0.05) is 25.2 Å². The minimum absolute atomic E-state index is 0.0295. The van der Waals surface area contributed by atoms with Gasteiger partial charge in [0.05, 0.1) is 5.69 Å². The molecule has 114 valence electrons. The number of nitrogens with two attached hydrogens (primary N) is 1. The third-order valence-corrected chi connectivity index (χ3v) is 4.13. The third kappa shape index (κ3) is 2.52. The van der Waals surface area contributed by atoms with Crippen molar-refractivity contribution in [2.75, 3.05) is 17.7 Å². The summed E-state index contributed by atoms with van der Waals surface area (Å²) in [6, 6.07) is 11.6. The molecule has 1 unspecified atom stereocenters. The monoisotopic (exact) mass is 296 g/mol. The van der Waals surface area contributed by atoms with E-state index in [2.05, 4.69) is 32.0 Å². The molecule has 0 saturated heterocycles. The molecule has 0 radical (unpaired) electrons. The Bertz CT molecular complexity index is 740. The molecule has 2 aromatic rings. The van der Waals surface area contributed by atoms with Crippen molar-refractivity contribution in [3.05, 3.63) is 53.1 Å². The molecule has 0 aromatic heterocycles. The van der Waals surface area contributed by atoms with Gasteiger partial charge in [-0.2, -0.15) is 0 Å². The van der Waals surface area contributed by atoms with Crippen LogP contribution in [0.5, 0.6) is 5.75 Å². The zero-order valence-electron chi connectivity index (χ0n) is 13.1. The average Bonchev–Trinajstić information content (AvgIpc) is 2.48. The number of carbonyl (C=O) groups is 1. The molecule has 22 heavy (non-hydrogen) atoms. The second-order valence-corrected chi connectivity index (χ2v) is 5.86. The van der Waals surface area contributed by atoms with Crippen molar-refractivity contribution in [2.24, 2.45) is 0 Å². The lowest BCUT2D eigenvalue weighted by atomic mass is 9.98. The fourth-order valence-electron chi connectivity index (χ4n) is 2.79. The predicted molar refractivity (Wildman–Crippen MR) is 88.3 cm³/mol. The van der Waals surface area contributed by atoms with E-state index in [9.17, 15) is 4.79 Å². The number of hydrogen-bond donors (Lipinski definition) is 1. The lowest BCUT2D eigenvalue weighted by molar-refractivity contribution is -0.125. The number of nitrogen functional groups attached to an aromatic ring is 1. The molecule has 3 rings (SSSR count). The highest BCUT2D eigenvalue weighted by molar-refractivity contribution is 6.00. The summed E-state index contributed by atoms with van der Waals surface area (Å²) in [6.45, 7) is 4.10. The van der Waals surface area contributed by atoms with Crippen LogP contribution in [0.2, 0.25) is 0 Å². The Morgan fingerprint density at radius 2 is 1.95 bits per heavy atom. The van der Waals surface area contributed by atoms with Gasteiger partial charge in [0.25, 0.3) is 5.91 Å². The largest absolute Gasteiger partial charge is 0.478 e. The fourth-order valence-corrected chi connectivity index (χ4v) is 2.79. The van der Waals surface area contributed by atoms with E-state index in [1.54, 1.807) is 24.1 Å². The van der Waals surface area contributed by atoms with E-state index in [4.69, 9.17) is 10.5 Å². The Morgan fingerprint density at radius 1 is 1.18 bits per heavy atom. The van der Waals surface area contributed by atoms with Crippen LogP contribution in [0.25, 0.3) is 0 Å². The molecule has 0 aliphatic carbocycles. The number of likely N-dealkylation sites (N-methyl/N-ethyl adjacent to an activating group) is 1. The molecular weight excluding hydrogens is 276 g/mol. The van der Waals surface area contributed by atoms with Crippen LogP contribution in [-0.2, 0) is 11.2 Å². The summed E-state index contributed by atoms with van der Waals surface area (Å²) < 4.78 is 5.92. The van der Waals surface area contributed by atoms with Gasteiger partial charge in [0.15, 0.2) is 6.10 Å². The Morgan fingerprint density at radius 3 is 2.73 bits per heavy atom. The van der Waals surface area contributed by atoms with Crippen LogP contribution in [0, 0.1) is 13.8 Å². The van der Waals surface area contributed by atoms with E-state index in [1.807, 2.05) is 6.07 Å². The quantitative estimate of drug-likeness (QED) is 0.867. The molecule has 0 spiro atoms. The van der Waals surface area contributed by atoms with Crippen molar-refractivity contribution in [1.82, 2.24) is 0 Å². The minimum Gasteiger partial charge on any atom is -0.478 e. The number of benzene rings is 2. The molecule has 1 aliphatic rings. The first-order valence-corrected chi connectivity index (χ1v) is 7.35. The number of rotatable bonds is 2. The zero-order chi connectivity index (χ0) is 15.9. The van der Waals surface area contributed by atoms with Gasteiger partial charge >= 0.3 is 0 Å². The Kier molecular flexibility index (Phi) is 3.53. The standard InChI is InChI=1S/C18H20N2O2/c1-11-4-5-12(2)13(8-11)9-17-18(21)20(3)15-7-6-14(19)10-16(15)22-17/h4-8,10,17H,9,19H2,1-3H3. The lowest BCUT2D eigenvalue weighted by Gasteiger charge is -2.32. The molecule has 4 heteroatoms. The van der Waals surface area contributed by atoms with Gasteiger partial charge in [0.1, 0.15) is 5.75 Å². The first-order valence-electron chi connectivity index (χ1n) is 7.35. The van der Waals surface area contributed by atoms with Crippen LogP contribution in [0.3, 0.4) is 0 Å². The summed E-state index contributed by atoms with van der Waals surface area (Å²) in [7, 11) is 1.77. The maximum absolute atomic E-state index is 12.5. The summed E-state index contributed by atoms with van der Waals surface area (Å²) in [6.07, 6.45) is 0.0464. The highest BCUT2D eigenvalue weighted by Crippen LogP contribution is 2.35. The first-order chi connectivity index (χ1) is 10.5. The number of nitrogens with zero attached hydrogens (tertiary/aromatic N) is 1. The van der Waals surface area contributed by atoms with Crippen LogP contribution in [-0.4, -0.2) is 19.1 Å². The van der Waals surface area contributed by atoms with Gasteiger partial charge in [-0.1, -0.05) is 23.8 Å².